The summed E-state index contributed by atoms with van der Waals surface area (Å²) in [4.78, 5) is 8.87. The quantitative estimate of drug-likeness (QED) is 0.556. The average molecular weight is 344 g/mol. The van der Waals surface area contributed by atoms with Crippen LogP contribution in [0, 0.1) is 0 Å². The molecule has 3 rings (SSSR count). The summed E-state index contributed by atoms with van der Waals surface area (Å²) in [6.45, 7) is 13.7. The molecular formula is C22H37N3. The molecule has 1 aromatic rings. The molecule has 3 heteroatoms. The smallest absolute Gasteiger partial charge is 0.0936 e. The van der Waals surface area contributed by atoms with E-state index in [0.717, 1.165) is 38.1 Å². The third kappa shape index (κ3) is 4.71. The molecule has 0 amide bonds. The number of rotatable bonds is 5. The Labute approximate surface area is 154 Å². The van der Waals surface area contributed by atoms with E-state index in [0.29, 0.717) is 5.41 Å². The molecule has 1 saturated carbocycles. The van der Waals surface area contributed by atoms with Gasteiger partial charge in [0.1, 0.15) is 0 Å². The van der Waals surface area contributed by atoms with E-state index in [1.807, 2.05) is 13.8 Å². The Balaban J connectivity index is 0.000000250. The molecule has 1 unspecified atom stereocenters. The maximum atomic E-state index is 5.52. The maximum Gasteiger partial charge on any atom is 0.0936 e. The van der Waals surface area contributed by atoms with Crippen molar-refractivity contribution in [2.24, 2.45) is 15.7 Å². The molecule has 140 valence electrons. The average Bonchev–Trinajstić information content (AvgIpc) is 3.30. The molecule has 0 aromatic heterocycles. The van der Waals surface area contributed by atoms with Gasteiger partial charge in [-0.1, -0.05) is 65.8 Å². The standard InChI is InChI=1S/C13H15N.C7H16N2.C2H6/c1-3-13-9-12(13,2)11-7-5-4-6-10(11)8-14-13;1-3-5-7(8)9-6-4-2;1-2/h4-8H,3,9H2,1-2H3;3-6H2,1-2H3,(H2,8,9);1-2H3/t12?,13-;;/m0../s1. The van der Waals surface area contributed by atoms with E-state index in [-0.39, 0.29) is 5.54 Å². The number of nitrogens with zero attached hydrogens (tertiary/aromatic N) is 2. The van der Waals surface area contributed by atoms with E-state index in [9.17, 15) is 0 Å². The SMILES string of the molecule is CC.CCCN=C(N)CCC.CC[C@]12CC1(C)c1ccccc1C=N2. The lowest BCUT2D eigenvalue weighted by molar-refractivity contribution is 0.544. The van der Waals surface area contributed by atoms with Gasteiger partial charge in [0.2, 0.25) is 0 Å². The highest BCUT2D eigenvalue weighted by atomic mass is 15.0. The van der Waals surface area contributed by atoms with Gasteiger partial charge in [-0.15, -0.1) is 0 Å². The second kappa shape index (κ2) is 9.74. The molecule has 0 radical (unpaired) electrons. The monoisotopic (exact) mass is 343 g/mol. The summed E-state index contributed by atoms with van der Waals surface area (Å²) >= 11 is 0. The first-order valence-electron chi connectivity index (χ1n) is 9.96. The highest BCUT2D eigenvalue weighted by Crippen LogP contribution is 2.63. The molecule has 1 fully saturated rings. The van der Waals surface area contributed by atoms with Crippen LogP contribution >= 0.6 is 0 Å². The highest BCUT2D eigenvalue weighted by Gasteiger charge is 2.65. The molecule has 0 saturated heterocycles. The molecule has 0 spiro atoms. The van der Waals surface area contributed by atoms with Crippen LogP contribution < -0.4 is 5.73 Å². The van der Waals surface area contributed by atoms with E-state index in [2.05, 4.69) is 63.2 Å². The molecular weight excluding hydrogens is 306 g/mol. The molecule has 1 aliphatic heterocycles. The first kappa shape index (κ1) is 21.4. The Kier molecular flexibility index (Phi) is 8.34. The number of fused-ring (bicyclic) bond motifs is 3. The van der Waals surface area contributed by atoms with Crippen LogP contribution in [0.15, 0.2) is 34.3 Å². The minimum atomic E-state index is 0.237. The first-order valence-corrected chi connectivity index (χ1v) is 9.96. The summed E-state index contributed by atoms with van der Waals surface area (Å²) in [6, 6.07) is 8.66. The predicted octanol–water partition coefficient (Wildman–Crippen LogP) is 5.51. The van der Waals surface area contributed by atoms with Crippen LogP contribution in [-0.2, 0) is 5.41 Å². The van der Waals surface area contributed by atoms with E-state index >= 15 is 0 Å². The Morgan fingerprint density at radius 1 is 1.16 bits per heavy atom. The Morgan fingerprint density at radius 2 is 1.84 bits per heavy atom. The number of benzene rings is 1. The van der Waals surface area contributed by atoms with Crippen molar-refractivity contribution in [1.82, 2.24) is 0 Å². The third-order valence-electron chi connectivity index (χ3n) is 5.18. The van der Waals surface area contributed by atoms with Crippen molar-refractivity contribution in [1.29, 1.82) is 0 Å². The Morgan fingerprint density at radius 3 is 2.44 bits per heavy atom. The molecule has 1 aliphatic carbocycles. The minimum absolute atomic E-state index is 0.237. The summed E-state index contributed by atoms with van der Waals surface area (Å²) in [5.41, 5.74) is 8.90. The van der Waals surface area contributed by atoms with Crippen LogP contribution in [0.1, 0.15) is 84.8 Å². The second-order valence-corrected chi connectivity index (χ2v) is 6.86. The summed E-state index contributed by atoms with van der Waals surface area (Å²) in [5.74, 6) is 0.805. The molecule has 0 bridgehead atoms. The molecule has 1 aromatic carbocycles. The minimum Gasteiger partial charge on any atom is -0.387 e. The van der Waals surface area contributed by atoms with Crippen molar-refractivity contribution in [3.8, 4) is 0 Å². The van der Waals surface area contributed by atoms with Crippen molar-refractivity contribution in [2.45, 2.75) is 84.6 Å². The molecule has 1 heterocycles. The van der Waals surface area contributed by atoms with Gasteiger partial charge in [-0.05, 0) is 36.8 Å². The molecule has 2 atom stereocenters. The van der Waals surface area contributed by atoms with Gasteiger partial charge in [0, 0.05) is 24.6 Å². The van der Waals surface area contributed by atoms with E-state index in [4.69, 9.17) is 10.7 Å². The van der Waals surface area contributed by atoms with Gasteiger partial charge >= 0.3 is 0 Å². The first-order chi connectivity index (χ1) is 12.0. The van der Waals surface area contributed by atoms with E-state index in [1.165, 1.54) is 17.5 Å². The molecule has 2 N–H and O–H groups in total. The fraction of sp³-hybridized carbons (Fsp3) is 0.636. The zero-order chi connectivity index (χ0) is 18.9. The zero-order valence-corrected chi connectivity index (χ0v) is 17.1. The normalized spacial score (nSPS) is 25.6. The molecule has 3 nitrogen and oxygen atoms in total. The summed E-state index contributed by atoms with van der Waals surface area (Å²) in [5, 5.41) is 0. The molecule has 25 heavy (non-hydrogen) atoms. The maximum absolute atomic E-state index is 5.52. The number of hydrogen-bond donors (Lipinski definition) is 1. The third-order valence-corrected chi connectivity index (χ3v) is 5.18. The zero-order valence-electron chi connectivity index (χ0n) is 17.1. The number of nitrogens with two attached hydrogens (primary N) is 1. The number of aliphatic imine (C=N–C) groups is 2. The fourth-order valence-corrected chi connectivity index (χ4v) is 3.58. The molecule has 2 aliphatic rings. The lowest BCUT2D eigenvalue weighted by atomic mass is 9.86. The van der Waals surface area contributed by atoms with Crippen LogP contribution in [0.25, 0.3) is 0 Å². The topological polar surface area (TPSA) is 50.7 Å². The van der Waals surface area contributed by atoms with Crippen molar-refractivity contribution in [2.75, 3.05) is 6.54 Å². The van der Waals surface area contributed by atoms with E-state index in [1.54, 1.807) is 0 Å². The summed E-state index contributed by atoms with van der Waals surface area (Å²) < 4.78 is 0. The van der Waals surface area contributed by atoms with Crippen LogP contribution in [0.3, 0.4) is 0 Å². The summed E-state index contributed by atoms with van der Waals surface area (Å²) in [7, 11) is 0. The van der Waals surface area contributed by atoms with Gasteiger partial charge in [0.15, 0.2) is 0 Å². The van der Waals surface area contributed by atoms with Gasteiger partial charge < -0.3 is 5.73 Å². The lowest BCUT2D eigenvalue weighted by Gasteiger charge is -2.24. The van der Waals surface area contributed by atoms with E-state index < -0.39 is 0 Å². The summed E-state index contributed by atoms with van der Waals surface area (Å²) in [6.07, 6.45) is 7.58. The fourth-order valence-electron chi connectivity index (χ4n) is 3.58. The van der Waals surface area contributed by atoms with Gasteiger partial charge in [-0.3, -0.25) is 9.98 Å². The van der Waals surface area contributed by atoms with Crippen molar-refractivity contribution in [3.63, 3.8) is 0 Å². The predicted molar refractivity (Wildman–Crippen MR) is 112 cm³/mol. The van der Waals surface area contributed by atoms with Crippen molar-refractivity contribution >= 4 is 12.1 Å². The van der Waals surface area contributed by atoms with Gasteiger partial charge in [0.25, 0.3) is 0 Å². The van der Waals surface area contributed by atoms with Gasteiger partial charge in [-0.2, -0.15) is 0 Å². The number of amidine groups is 1. The van der Waals surface area contributed by atoms with Crippen molar-refractivity contribution < 1.29 is 0 Å². The largest absolute Gasteiger partial charge is 0.387 e. The number of hydrogen-bond acceptors (Lipinski definition) is 2. The van der Waals surface area contributed by atoms with Crippen LogP contribution in [0.4, 0.5) is 0 Å². The van der Waals surface area contributed by atoms with Gasteiger partial charge in [-0.25, -0.2) is 0 Å². The van der Waals surface area contributed by atoms with Crippen LogP contribution in [0.2, 0.25) is 0 Å². The van der Waals surface area contributed by atoms with Gasteiger partial charge in [0.05, 0.1) is 11.4 Å². The van der Waals surface area contributed by atoms with Crippen LogP contribution in [0.5, 0.6) is 0 Å². The Bertz CT molecular complexity index is 591. The van der Waals surface area contributed by atoms with Crippen LogP contribution in [-0.4, -0.2) is 24.1 Å². The lowest BCUT2D eigenvalue weighted by Crippen LogP contribution is -2.23. The van der Waals surface area contributed by atoms with Crippen molar-refractivity contribution in [3.05, 3.63) is 35.4 Å². The second-order valence-electron chi connectivity index (χ2n) is 6.86. The Hall–Kier alpha value is -1.64. The highest BCUT2D eigenvalue weighted by molar-refractivity contribution is 5.86.